The molecule has 0 bridgehead atoms. The number of halogens is 1. The van der Waals surface area contributed by atoms with Crippen LogP contribution in [-0.2, 0) is 0 Å². The molecule has 4 heteroatoms. The van der Waals surface area contributed by atoms with Gasteiger partial charge < -0.3 is 8.64 Å². The Balaban J connectivity index is 1.97. The number of nitrogens with one attached hydrogen (secondary N) is 1. The lowest BCUT2D eigenvalue weighted by atomic mass is 13.6. The summed E-state index contributed by atoms with van der Waals surface area (Å²) in [5.74, 6) is 0. The van der Waals surface area contributed by atoms with Gasteiger partial charge in [-0.05, 0) is 0 Å². The fraction of sp³-hybridized carbons (Fsp3) is 0. The van der Waals surface area contributed by atoms with Gasteiger partial charge in [0, 0.05) is 0 Å². The molecule has 0 aromatic rings. The van der Waals surface area contributed by atoms with Crippen LogP contribution in [0, 0.1) is 0 Å². The van der Waals surface area contributed by atoms with Crippen molar-refractivity contribution in [2.75, 3.05) is 0 Å². The first-order valence-electron chi connectivity index (χ1n) is 0.582. The van der Waals surface area contributed by atoms with Crippen LogP contribution >= 0.6 is 21.9 Å². The van der Waals surface area contributed by atoms with E-state index in [2.05, 4.69) is 0 Å². The molecule has 0 aliphatic heterocycles. The highest BCUT2D eigenvalue weighted by Crippen LogP contribution is 1.84. The minimum Gasteiger partial charge on any atom is -0.327 e. The van der Waals surface area contributed by atoms with Crippen LogP contribution in [0.15, 0.2) is 0 Å². The van der Waals surface area contributed by atoms with Gasteiger partial charge in [0.1, 0.15) is 21.9 Å². The van der Waals surface area contributed by atoms with Crippen molar-refractivity contribution in [3.8, 4) is 0 Å². The largest absolute Gasteiger partial charge is 0.327 e. The Morgan fingerprint density at radius 1 is 1.75 bits per heavy atom. The molecule has 0 aliphatic rings. The molecular formula is H3INO2. The van der Waals surface area contributed by atoms with Crippen molar-refractivity contribution in [1.29, 1.82) is 0 Å². The Labute approximate surface area is 34.8 Å². The molecule has 4 heavy (non-hydrogen) atoms. The highest BCUT2D eigenvalue weighted by Gasteiger charge is 1.55. The molecule has 0 saturated carbocycles. The fourth-order valence-corrected chi connectivity index (χ4v) is 0. The van der Waals surface area contributed by atoms with Gasteiger partial charge in [0.15, 0.2) is 0 Å². The van der Waals surface area contributed by atoms with E-state index in [1.807, 2.05) is 0 Å². The third-order valence-electron chi connectivity index (χ3n) is 0.0378. The van der Waals surface area contributed by atoms with Crippen LogP contribution in [0.2, 0.25) is 0 Å². The van der Waals surface area contributed by atoms with Crippen LogP contribution in [-0.4, -0.2) is 8.64 Å². The molecule has 27 valence electrons. The summed E-state index contributed by atoms with van der Waals surface area (Å²) in [5, 5.41) is 7.42. The van der Waals surface area contributed by atoms with Crippen LogP contribution in [0.5, 0.6) is 0 Å². The highest BCUT2D eigenvalue weighted by atomic mass is 127. The molecule has 0 heterocycles. The zero-order valence-corrected chi connectivity index (χ0v) is 3.93. The summed E-state index contributed by atoms with van der Waals surface area (Å²) in [6.45, 7) is 0. The summed E-state index contributed by atoms with van der Waals surface area (Å²) >= 11 is -1.08. The van der Waals surface area contributed by atoms with Gasteiger partial charge in [0.05, 0.1) is 0 Å². The van der Waals surface area contributed by atoms with Gasteiger partial charge in [0.25, 0.3) is 0 Å². The second-order valence-electron chi connectivity index (χ2n) is 0.169. The van der Waals surface area contributed by atoms with Crippen molar-refractivity contribution in [2.45, 2.75) is 0 Å². The molecule has 0 atom stereocenters. The Morgan fingerprint density at radius 3 is 2.00 bits per heavy atom. The number of rotatable bonds is 1. The molecule has 3 N–H and O–H groups in total. The van der Waals surface area contributed by atoms with Crippen LogP contribution in [0.4, 0.5) is 0 Å². The van der Waals surface area contributed by atoms with E-state index in [0.717, 1.165) is 0 Å². The summed E-state index contributed by atoms with van der Waals surface area (Å²) < 4.78 is 9.22. The van der Waals surface area contributed by atoms with Crippen LogP contribution in [0.3, 0.4) is 0 Å². The van der Waals surface area contributed by atoms with E-state index in [1.165, 1.54) is 0 Å². The van der Waals surface area contributed by atoms with E-state index in [9.17, 15) is 0 Å². The van der Waals surface area contributed by atoms with E-state index in [-0.39, 0.29) is 0 Å². The molecular weight excluding hydrogens is 173 g/mol. The van der Waals surface area contributed by atoms with Crippen LogP contribution in [0.25, 0.3) is 0 Å². The van der Waals surface area contributed by atoms with Crippen LogP contribution in [0.1, 0.15) is 0 Å². The summed E-state index contributed by atoms with van der Waals surface area (Å²) in [6, 6.07) is 0. The molecule has 1 radical (unpaired) electrons. The van der Waals surface area contributed by atoms with Gasteiger partial charge in [-0.15, -0.1) is 3.69 Å². The smallest absolute Gasteiger partial charge is 0.130 e. The zero-order chi connectivity index (χ0) is 3.41. The Bertz CT molecular complexity index is 8.00. The average Bonchev–Trinajstić information content (AvgIpc) is 1.37. The quantitative estimate of drug-likeness (QED) is 0.293. The van der Waals surface area contributed by atoms with Crippen molar-refractivity contribution >= 4 is 21.9 Å². The lowest BCUT2D eigenvalue weighted by Gasteiger charge is -1.72. The lowest BCUT2D eigenvalue weighted by molar-refractivity contribution is 0.273. The summed E-state index contributed by atoms with van der Waals surface area (Å²) in [4.78, 5) is 0. The summed E-state index contributed by atoms with van der Waals surface area (Å²) in [7, 11) is 0. The SMILES string of the molecule is ON[I]O. The van der Waals surface area contributed by atoms with E-state index >= 15 is 0 Å². The molecule has 0 spiro atoms. The normalized spacial score (nSPS) is 7.50. The van der Waals surface area contributed by atoms with Gasteiger partial charge >= 0.3 is 0 Å². The predicted molar refractivity (Wildman–Crippen MR) is 21.2 cm³/mol. The van der Waals surface area contributed by atoms with Crippen molar-refractivity contribution in [2.24, 2.45) is 0 Å². The van der Waals surface area contributed by atoms with Gasteiger partial charge in [-0.3, -0.25) is 0 Å². The molecule has 0 aromatic carbocycles. The van der Waals surface area contributed by atoms with E-state index in [4.69, 9.17) is 8.64 Å². The second-order valence-corrected chi connectivity index (χ2v) is 1.13. The lowest BCUT2D eigenvalue weighted by Crippen LogP contribution is -1.84. The highest BCUT2D eigenvalue weighted by molar-refractivity contribution is 14.2. The average molecular weight is 176 g/mol. The van der Waals surface area contributed by atoms with Crippen molar-refractivity contribution in [3.05, 3.63) is 0 Å². The van der Waals surface area contributed by atoms with Crippen molar-refractivity contribution < 1.29 is 8.64 Å². The Morgan fingerprint density at radius 2 is 2.00 bits per heavy atom. The minimum atomic E-state index is -1.08. The maximum atomic E-state index is 7.62. The van der Waals surface area contributed by atoms with E-state index < -0.39 is 21.9 Å². The molecule has 0 fully saturated rings. The topological polar surface area (TPSA) is 52.5 Å². The summed E-state index contributed by atoms with van der Waals surface area (Å²) in [6.07, 6.45) is 0. The molecule has 0 saturated heterocycles. The molecule has 0 aliphatic carbocycles. The summed E-state index contributed by atoms with van der Waals surface area (Å²) in [5.41, 5.74) is 0. The van der Waals surface area contributed by atoms with E-state index in [0.29, 0.717) is 0 Å². The number of hydrogen-bond acceptors (Lipinski definition) is 3. The molecule has 0 aromatic heterocycles. The molecule has 0 unspecified atom stereocenters. The zero-order valence-electron chi connectivity index (χ0n) is 1.77. The maximum Gasteiger partial charge on any atom is 0.130 e. The Hall–Kier alpha value is 0.610. The van der Waals surface area contributed by atoms with Gasteiger partial charge in [-0.1, -0.05) is 0 Å². The third-order valence-corrected chi connectivity index (χ3v) is 0.254. The Kier molecular flexibility index (Phi) is 4.16. The first kappa shape index (κ1) is 4.61. The monoisotopic (exact) mass is 176 g/mol. The standard InChI is InChI=1S/H3INO2/c3-1-2-4/h2-4H. The first-order chi connectivity index (χ1) is 1.91. The molecule has 0 rings (SSSR count). The maximum absolute atomic E-state index is 7.62. The van der Waals surface area contributed by atoms with Gasteiger partial charge in [0.2, 0.25) is 0 Å². The van der Waals surface area contributed by atoms with Crippen molar-refractivity contribution in [1.82, 2.24) is 3.69 Å². The van der Waals surface area contributed by atoms with Gasteiger partial charge in [-0.2, -0.15) is 0 Å². The van der Waals surface area contributed by atoms with Crippen molar-refractivity contribution in [3.63, 3.8) is 0 Å². The predicted octanol–water partition coefficient (Wildman–Crippen LogP) is -0.242. The number of hydrogen-bond donors (Lipinski definition) is 3. The second kappa shape index (κ2) is 3.61. The van der Waals surface area contributed by atoms with Crippen LogP contribution < -0.4 is 3.69 Å². The third kappa shape index (κ3) is 2.61. The van der Waals surface area contributed by atoms with Gasteiger partial charge in [-0.25, -0.2) is 0 Å². The first-order valence-corrected chi connectivity index (χ1v) is 2.63. The fourth-order valence-electron chi connectivity index (χ4n) is 0. The molecule has 3 nitrogen and oxygen atoms in total. The molecule has 0 amide bonds. The minimum absolute atomic E-state index is 1.08. The van der Waals surface area contributed by atoms with E-state index in [1.54, 1.807) is 3.69 Å².